The van der Waals surface area contributed by atoms with E-state index in [1.165, 1.54) is 6.33 Å². The summed E-state index contributed by atoms with van der Waals surface area (Å²) in [5.74, 6) is 2.12. The molecule has 0 bridgehead atoms. The van der Waals surface area contributed by atoms with Gasteiger partial charge in [0, 0.05) is 24.3 Å². The highest BCUT2D eigenvalue weighted by atomic mass is 35.5. The fourth-order valence-electron chi connectivity index (χ4n) is 3.81. The molecule has 1 aliphatic rings. The van der Waals surface area contributed by atoms with E-state index in [4.69, 9.17) is 10.5 Å². The minimum atomic E-state index is 0. The van der Waals surface area contributed by atoms with Gasteiger partial charge < -0.3 is 20.4 Å². The van der Waals surface area contributed by atoms with Crippen molar-refractivity contribution < 1.29 is 4.74 Å². The molecule has 0 aliphatic carbocycles. The molecule has 2 aromatic carbocycles. The lowest BCUT2D eigenvalue weighted by atomic mass is 10.1. The second kappa shape index (κ2) is 9.34. The van der Waals surface area contributed by atoms with Gasteiger partial charge in [-0.3, -0.25) is 0 Å². The molecule has 156 valence electrons. The molecule has 1 unspecified atom stereocenters. The summed E-state index contributed by atoms with van der Waals surface area (Å²) in [6.07, 6.45) is 4.77. The van der Waals surface area contributed by atoms with Gasteiger partial charge >= 0.3 is 0 Å². The molecule has 0 saturated carbocycles. The Bertz CT molecular complexity index is 1110. The lowest BCUT2D eigenvalue weighted by molar-refractivity contribution is 0.483. The number of hydrogen-bond acceptors (Lipinski definition) is 5. The van der Waals surface area contributed by atoms with Crippen LogP contribution in [-0.2, 0) is 0 Å². The quantitative estimate of drug-likeness (QED) is 0.471. The minimum Gasteiger partial charge on any atom is -0.457 e. The van der Waals surface area contributed by atoms with Gasteiger partial charge in [-0.05, 0) is 42.8 Å². The minimum absolute atomic E-state index is 0. The molecule has 8 heteroatoms. The number of nitrogen functional groups attached to an aromatic ring is 1. The third-order valence-corrected chi connectivity index (χ3v) is 5.21. The number of nitrogens with zero attached hydrogens (tertiary/aromatic N) is 3. The number of halogens is 2. The molecule has 2 aromatic heterocycles. The summed E-state index contributed by atoms with van der Waals surface area (Å²) in [7, 11) is 0. The highest BCUT2D eigenvalue weighted by molar-refractivity contribution is 6.00. The first-order valence-electron chi connectivity index (χ1n) is 9.44. The van der Waals surface area contributed by atoms with Crippen LogP contribution in [0.5, 0.6) is 11.5 Å². The van der Waals surface area contributed by atoms with Crippen molar-refractivity contribution in [2.45, 2.75) is 12.5 Å². The topological polar surface area (TPSA) is 78.0 Å². The fourth-order valence-corrected chi connectivity index (χ4v) is 3.81. The van der Waals surface area contributed by atoms with Crippen molar-refractivity contribution in [3.05, 3.63) is 67.1 Å². The average molecular weight is 444 g/mol. The molecule has 4 aromatic rings. The molecule has 5 rings (SSSR count). The zero-order valence-electron chi connectivity index (χ0n) is 16.2. The van der Waals surface area contributed by atoms with Crippen molar-refractivity contribution >= 4 is 41.7 Å². The van der Waals surface area contributed by atoms with Gasteiger partial charge in [-0.2, -0.15) is 0 Å². The summed E-state index contributed by atoms with van der Waals surface area (Å²) in [5.41, 5.74) is 9.24. The van der Waals surface area contributed by atoms with E-state index in [0.717, 1.165) is 53.2 Å². The Hall–Kier alpha value is -2.80. The first-order valence-corrected chi connectivity index (χ1v) is 9.44. The van der Waals surface area contributed by atoms with E-state index in [0.29, 0.717) is 11.9 Å². The second-order valence-electron chi connectivity index (χ2n) is 6.99. The lowest BCUT2D eigenvalue weighted by Gasteiger charge is -2.11. The molecule has 30 heavy (non-hydrogen) atoms. The Balaban J connectivity index is 0.00000128. The zero-order valence-corrected chi connectivity index (χ0v) is 17.8. The number of anilines is 1. The van der Waals surface area contributed by atoms with E-state index < -0.39 is 0 Å². The van der Waals surface area contributed by atoms with Crippen molar-refractivity contribution in [3.63, 3.8) is 0 Å². The average Bonchev–Trinajstić information content (AvgIpc) is 3.38. The van der Waals surface area contributed by atoms with Gasteiger partial charge in [-0.1, -0.05) is 30.3 Å². The van der Waals surface area contributed by atoms with Crippen LogP contribution in [0.4, 0.5) is 5.82 Å². The van der Waals surface area contributed by atoms with Gasteiger partial charge in [0.05, 0.1) is 5.39 Å². The summed E-state index contributed by atoms with van der Waals surface area (Å²) >= 11 is 0. The first kappa shape index (κ1) is 21.9. The van der Waals surface area contributed by atoms with Gasteiger partial charge in [0.1, 0.15) is 29.3 Å². The van der Waals surface area contributed by atoms with Gasteiger partial charge in [0.15, 0.2) is 0 Å². The first-order chi connectivity index (χ1) is 13.8. The van der Waals surface area contributed by atoms with Crippen LogP contribution in [0.3, 0.4) is 0 Å². The third-order valence-electron chi connectivity index (χ3n) is 5.21. The molecular weight excluding hydrogens is 421 g/mol. The Morgan fingerprint density at radius 1 is 0.967 bits per heavy atom. The van der Waals surface area contributed by atoms with Crippen LogP contribution in [-0.4, -0.2) is 27.6 Å². The largest absolute Gasteiger partial charge is 0.457 e. The molecule has 0 amide bonds. The van der Waals surface area contributed by atoms with E-state index in [1.54, 1.807) is 0 Å². The summed E-state index contributed by atoms with van der Waals surface area (Å²) in [6.45, 7) is 1.96. The van der Waals surface area contributed by atoms with Crippen molar-refractivity contribution in [1.29, 1.82) is 0 Å². The van der Waals surface area contributed by atoms with Crippen LogP contribution in [0.1, 0.15) is 12.5 Å². The van der Waals surface area contributed by atoms with E-state index in [2.05, 4.69) is 38.2 Å². The van der Waals surface area contributed by atoms with Gasteiger partial charge in [-0.15, -0.1) is 24.8 Å². The van der Waals surface area contributed by atoms with Gasteiger partial charge in [0.2, 0.25) is 0 Å². The summed E-state index contributed by atoms with van der Waals surface area (Å²) in [5, 5.41) is 4.33. The van der Waals surface area contributed by atoms with Gasteiger partial charge in [-0.25, -0.2) is 9.97 Å². The SMILES string of the molecule is Cl.Cl.Nc1ncnc2c1c(-c1ccc(Oc3ccccc3)cc1)cn2C1CCNC1. The number of ether oxygens (including phenoxy) is 1. The molecular formula is C22H23Cl2N5O. The summed E-state index contributed by atoms with van der Waals surface area (Å²) < 4.78 is 8.14. The molecule has 1 aliphatic heterocycles. The van der Waals surface area contributed by atoms with Gasteiger partial charge in [0.25, 0.3) is 0 Å². The number of rotatable bonds is 4. The summed E-state index contributed by atoms with van der Waals surface area (Å²) in [6, 6.07) is 18.2. The Labute approximate surface area is 187 Å². The van der Waals surface area contributed by atoms with Crippen LogP contribution in [0.25, 0.3) is 22.2 Å². The monoisotopic (exact) mass is 443 g/mol. The normalized spacial score (nSPS) is 15.4. The molecule has 1 atom stereocenters. The predicted octanol–water partition coefficient (Wildman–Crippen LogP) is 4.85. The van der Waals surface area contributed by atoms with Crippen LogP contribution >= 0.6 is 24.8 Å². The number of aromatic nitrogens is 3. The van der Waals surface area contributed by atoms with E-state index in [9.17, 15) is 0 Å². The maximum Gasteiger partial charge on any atom is 0.146 e. The van der Waals surface area contributed by atoms with Crippen molar-refractivity contribution in [2.75, 3.05) is 18.8 Å². The smallest absolute Gasteiger partial charge is 0.146 e. The molecule has 1 fully saturated rings. The number of nitrogens with one attached hydrogen (secondary N) is 1. The van der Waals surface area contributed by atoms with Crippen molar-refractivity contribution in [2.24, 2.45) is 0 Å². The molecule has 3 N–H and O–H groups in total. The van der Waals surface area contributed by atoms with Crippen LogP contribution in [0.15, 0.2) is 67.1 Å². The molecule has 0 radical (unpaired) electrons. The molecule has 6 nitrogen and oxygen atoms in total. The predicted molar refractivity (Wildman–Crippen MR) is 125 cm³/mol. The van der Waals surface area contributed by atoms with Crippen LogP contribution in [0, 0.1) is 0 Å². The van der Waals surface area contributed by atoms with Crippen LogP contribution < -0.4 is 15.8 Å². The molecule has 1 saturated heterocycles. The van der Waals surface area contributed by atoms with Crippen molar-refractivity contribution in [3.8, 4) is 22.6 Å². The lowest BCUT2D eigenvalue weighted by Crippen LogP contribution is -2.13. The zero-order chi connectivity index (χ0) is 18.9. The number of hydrogen-bond donors (Lipinski definition) is 2. The van der Waals surface area contributed by atoms with E-state index in [1.807, 2.05) is 42.5 Å². The number of nitrogens with two attached hydrogens (primary N) is 1. The Morgan fingerprint density at radius 2 is 1.70 bits per heavy atom. The Kier molecular flexibility index (Phi) is 6.82. The fraction of sp³-hybridized carbons (Fsp3) is 0.182. The standard InChI is InChI=1S/C22H21N5O.2ClH/c23-21-20-19(13-27(16-10-11-24-12-16)22(20)26-14-25-21)15-6-8-18(9-7-15)28-17-4-2-1-3-5-17;;/h1-9,13-14,16,24H,10-12H2,(H2,23,25,26);2*1H. The van der Waals surface area contributed by atoms with E-state index in [-0.39, 0.29) is 24.8 Å². The van der Waals surface area contributed by atoms with Crippen molar-refractivity contribution in [1.82, 2.24) is 19.9 Å². The Morgan fingerprint density at radius 3 is 2.40 bits per heavy atom. The summed E-state index contributed by atoms with van der Waals surface area (Å²) in [4.78, 5) is 8.75. The molecule has 0 spiro atoms. The third kappa shape index (κ3) is 4.07. The van der Waals surface area contributed by atoms with E-state index >= 15 is 0 Å². The highest BCUT2D eigenvalue weighted by Crippen LogP contribution is 2.36. The number of benzene rings is 2. The molecule has 3 heterocycles. The second-order valence-corrected chi connectivity index (χ2v) is 6.99. The number of fused-ring (bicyclic) bond motifs is 1. The number of para-hydroxylation sites is 1. The highest BCUT2D eigenvalue weighted by Gasteiger charge is 2.22. The maximum absolute atomic E-state index is 6.23. The van der Waals surface area contributed by atoms with Crippen LogP contribution in [0.2, 0.25) is 0 Å². The maximum atomic E-state index is 6.23.